The van der Waals surface area contributed by atoms with E-state index < -0.39 is 0 Å². The van der Waals surface area contributed by atoms with E-state index in [-0.39, 0.29) is 12.0 Å². The number of carbonyl (C=O) groups excluding carboxylic acids is 1. The fourth-order valence-electron chi connectivity index (χ4n) is 1.25. The highest BCUT2D eigenvalue weighted by atomic mass is 32.1. The number of rotatable bonds is 2. The van der Waals surface area contributed by atoms with E-state index in [1.165, 1.54) is 0 Å². The summed E-state index contributed by atoms with van der Waals surface area (Å²) in [5.74, 6) is 0.407. The normalized spacial score (nSPS) is 24.2. The Balaban J connectivity index is 2.35. The van der Waals surface area contributed by atoms with Crippen LogP contribution in [0.1, 0.15) is 6.42 Å². The van der Waals surface area contributed by atoms with Crippen LogP contribution < -0.4 is 0 Å². The third-order valence-electron chi connectivity index (χ3n) is 1.97. The number of likely N-dealkylation sites (tertiary alicyclic amines) is 1. The summed E-state index contributed by atoms with van der Waals surface area (Å²) in [6.45, 7) is 1.55. The molecule has 0 bridgehead atoms. The first-order valence-electron chi connectivity index (χ1n) is 3.69. The molecule has 0 aliphatic carbocycles. The number of thiol groups is 1. The largest absolute Gasteiger partial charge is 0.380 e. The average molecular weight is 175 g/mol. The van der Waals surface area contributed by atoms with E-state index in [1.54, 1.807) is 12.0 Å². The highest BCUT2D eigenvalue weighted by molar-refractivity contribution is 7.81. The van der Waals surface area contributed by atoms with Gasteiger partial charge in [-0.1, -0.05) is 0 Å². The van der Waals surface area contributed by atoms with Gasteiger partial charge in [0.1, 0.15) is 0 Å². The molecule has 4 heteroatoms. The fraction of sp³-hybridized carbons (Fsp3) is 0.857. The van der Waals surface area contributed by atoms with E-state index in [2.05, 4.69) is 12.6 Å². The van der Waals surface area contributed by atoms with Crippen molar-refractivity contribution in [3.8, 4) is 0 Å². The Labute approximate surface area is 72.1 Å². The zero-order valence-electron chi connectivity index (χ0n) is 6.62. The van der Waals surface area contributed by atoms with Crippen LogP contribution in [0.15, 0.2) is 0 Å². The second-order valence-corrected chi connectivity index (χ2v) is 2.96. The van der Waals surface area contributed by atoms with E-state index in [0.29, 0.717) is 5.75 Å². The predicted molar refractivity (Wildman–Crippen MR) is 45.8 cm³/mol. The van der Waals surface area contributed by atoms with Gasteiger partial charge in [-0.3, -0.25) is 4.79 Å². The monoisotopic (exact) mass is 175 g/mol. The number of methoxy groups -OCH3 is 1. The van der Waals surface area contributed by atoms with Gasteiger partial charge < -0.3 is 9.64 Å². The number of hydrogen-bond donors (Lipinski definition) is 1. The van der Waals surface area contributed by atoms with Gasteiger partial charge in [0.05, 0.1) is 11.9 Å². The lowest BCUT2D eigenvalue weighted by atomic mass is 10.3. The first-order chi connectivity index (χ1) is 5.27. The van der Waals surface area contributed by atoms with Crippen molar-refractivity contribution in [3.63, 3.8) is 0 Å². The maximum Gasteiger partial charge on any atom is 0.232 e. The molecule has 0 saturated carbocycles. The van der Waals surface area contributed by atoms with Gasteiger partial charge in [0.2, 0.25) is 5.91 Å². The van der Waals surface area contributed by atoms with Gasteiger partial charge >= 0.3 is 0 Å². The Morgan fingerprint density at radius 3 is 3.00 bits per heavy atom. The minimum atomic E-state index is 0.105. The minimum Gasteiger partial charge on any atom is -0.380 e. The van der Waals surface area contributed by atoms with Crippen LogP contribution in [0.25, 0.3) is 0 Å². The summed E-state index contributed by atoms with van der Waals surface area (Å²) >= 11 is 3.92. The van der Waals surface area contributed by atoms with Crippen molar-refractivity contribution in [2.45, 2.75) is 12.5 Å². The predicted octanol–water partition coefficient (Wildman–Crippen LogP) is 0.164. The van der Waals surface area contributed by atoms with Crippen LogP contribution in [0.4, 0.5) is 0 Å². The molecular weight excluding hydrogens is 162 g/mol. The minimum absolute atomic E-state index is 0.105. The molecule has 0 N–H and O–H groups in total. The molecule has 11 heavy (non-hydrogen) atoms. The van der Waals surface area contributed by atoms with Crippen molar-refractivity contribution in [1.82, 2.24) is 4.90 Å². The number of hydrogen-bond acceptors (Lipinski definition) is 3. The molecule has 1 atom stereocenters. The number of ether oxygens (including phenoxy) is 1. The molecule has 0 aromatic carbocycles. The number of amides is 1. The highest BCUT2D eigenvalue weighted by Gasteiger charge is 2.24. The zero-order valence-corrected chi connectivity index (χ0v) is 7.51. The molecule has 3 nitrogen and oxygen atoms in total. The standard InChI is InChI=1S/C7H13NO2S/c1-10-6-2-3-8(4-6)7(9)5-11/h6,11H,2-5H2,1H3. The Kier molecular flexibility index (Phi) is 3.20. The highest BCUT2D eigenvalue weighted by Crippen LogP contribution is 2.11. The van der Waals surface area contributed by atoms with E-state index in [4.69, 9.17) is 4.74 Å². The van der Waals surface area contributed by atoms with Gasteiger partial charge in [0.15, 0.2) is 0 Å². The van der Waals surface area contributed by atoms with Crippen molar-refractivity contribution in [2.75, 3.05) is 26.0 Å². The Hall–Kier alpha value is -0.220. The smallest absolute Gasteiger partial charge is 0.232 e. The summed E-state index contributed by atoms with van der Waals surface area (Å²) in [6, 6.07) is 0. The molecule has 1 rings (SSSR count). The van der Waals surface area contributed by atoms with E-state index in [1.807, 2.05) is 0 Å². The first-order valence-corrected chi connectivity index (χ1v) is 4.32. The average Bonchev–Trinajstić information content (AvgIpc) is 2.50. The lowest BCUT2D eigenvalue weighted by molar-refractivity contribution is -0.127. The van der Waals surface area contributed by atoms with Crippen molar-refractivity contribution in [1.29, 1.82) is 0 Å². The fourth-order valence-corrected chi connectivity index (χ4v) is 1.45. The van der Waals surface area contributed by atoms with Gasteiger partial charge in [-0.2, -0.15) is 12.6 Å². The summed E-state index contributed by atoms with van der Waals surface area (Å²) in [6.07, 6.45) is 1.19. The molecule has 1 aliphatic heterocycles. The molecular formula is C7H13NO2S. The van der Waals surface area contributed by atoms with Crippen LogP contribution in [0.2, 0.25) is 0 Å². The summed E-state index contributed by atoms with van der Waals surface area (Å²) in [5, 5.41) is 0. The third-order valence-corrected chi connectivity index (χ3v) is 2.24. The Morgan fingerprint density at radius 2 is 2.55 bits per heavy atom. The molecule has 1 saturated heterocycles. The lowest BCUT2D eigenvalue weighted by Crippen LogP contribution is -2.30. The Bertz CT molecular complexity index is 151. The van der Waals surface area contributed by atoms with Gasteiger partial charge in [-0.05, 0) is 6.42 Å². The van der Waals surface area contributed by atoms with E-state index in [0.717, 1.165) is 19.5 Å². The second kappa shape index (κ2) is 3.97. The quantitative estimate of drug-likeness (QED) is 0.606. The summed E-state index contributed by atoms with van der Waals surface area (Å²) in [5.41, 5.74) is 0. The molecule has 1 amide bonds. The molecule has 0 radical (unpaired) electrons. The van der Waals surface area contributed by atoms with Crippen LogP contribution in [0, 0.1) is 0 Å². The molecule has 1 fully saturated rings. The van der Waals surface area contributed by atoms with Crippen molar-refractivity contribution >= 4 is 18.5 Å². The van der Waals surface area contributed by atoms with Crippen LogP contribution >= 0.6 is 12.6 Å². The zero-order chi connectivity index (χ0) is 8.27. The Morgan fingerprint density at radius 1 is 1.82 bits per heavy atom. The van der Waals surface area contributed by atoms with Crippen LogP contribution in [0.5, 0.6) is 0 Å². The van der Waals surface area contributed by atoms with Gasteiger partial charge in [-0.15, -0.1) is 0 Å². The van der Waals surface area contributed by atoms with Crippen molar-refractivity contribution in [2.24, 2.45) is 0 Å². The van der Waals surface area contributed by atoms with Crippen molar-refractivity contribution < 1.29 is 9.53 Å². The van der Waals surface area contributed by atoms with Crippen LogP contribution in [-0.4, -0.2) is 42.9 Å². The second-order valence-electron chi connectivity index (χ2n) is 2.64. The van der Waals surface area contributed by atoms with Gasteiger partial charge in [-0.25, -0.2) is 0 Å². The van der Waals surface area contributed by atoms with Gasteiger partial charge in [0.25, 0.3) is 0 Å². The summed E-state index contributed by atoms with van der Waals surface area (Å²) < 4.78 is 5.12. The molecule has 1 unspecified atom stereocenters. The third kappa shape index (κ3) is 2.10. The molecule has 0 aromatic heterocycles. The molecule has 0 spiro atoms. The SMILES string of the molecule is COC1CCN(C(=O)CS)C1. The molecule has 64 valence electrons. The summed E-state index contributed by atoms with van der Waals surface area (Å²) in [7, 11) is 1.68. The van der Waals surface area contributed by atoms with Crippen LogP contribution in [0.3, 0.4) is 0 Å². The maximum absolute atomic E-state index is 11.1. The number of nitrogens with zero attached hydrogens (tertiary/aromatic N) is 1. The van der Waals surface area contributed by atoms with Gasteiger partial charge in [0, 0.05) is 20.2 Å². The van der Waals surface area contributed by atoms with Crippen molar-refractivity contribution in [3.05, 3.63) is 0 Å². The molecule has 1 aliphatic rings. The topological polar surface area (TPSA) is 29.5 Å². The molecule has 0 aromatic rings. The summed E-state index contributed by atoms with van der Waals surface area (Å²) in [4.78, 5) is 12.9. The van der Waals surface area contributed by atoms with Crippen LogP contribution in [-0.2, 0) is 9.53 Å². The lowest BCUT2D eigenvalue weighted by Gasteiger charge is -2.14. The maximum atomic E-state index is 11.1. The van der Waals surface area contributed by atoms with E-state index in [9.17, 15) is 4.79 Å². The molecule has 1 heterocycles. The first kappa shape index (κ1) is 8.87. The van der Waals surface area contributed by atoms with E-state index >= 15 is 0 Å². The number of carbonyl (C=O) groups is 1.